The molecule has 4 rings (SSSR count). The average molecular weight is 407 g/mol. The first kappa shape index (κ1) is 19.1. The number of carbonyl (C=O) groups excluding carboxylic acids is 2. The summed E-state index contributed by atoms with van der Waals surface area (Å²) in [6.45, 7) is 1.47. The van der Waals surface area contributed by atoms with Crippen molar-refractivity contribution < 1.29 is 9.59 Å². The second-order valence-electron chi connectivity index (χ2n) is 7.03. The third-order valence-corrected chi connectivity index (χ3v) is 6.19. The fraction of sp³-hybridized carbons (Fsp3) is 0.227. The van der Waals surface area contributed by atoms with E-state index in [-0.39, 0.29) is 17.7 Å². The highest BCUT2D eigenvalue weighted by Gasteiger charge is 2.25. The van der Waals surface area contributed by atoms with E-state index in [1.165, 1.54) is 11.3 Å². The van der Waals surface area contributed by atoms with Crippen LogP contribution in [-0.4, -0.2) is 29.9 Å². The minimum absolute atomic E-state index is 0.0680. The molecule has 2 aromatic carbocycles. The zero-order valence-electron chi connectivity index (χ0n) is 15.9. The molecule has 1 aromatic heterocycles. The summed E-state index contributed by atoms with van der Waals surface area (Å²) in [4.78, 5) is 31.4. The summed E-state index contributed by atoms with van der Waals surface area (Å²) >= 11 is 1.37. The molecule has 7 heteroatoms. The van der Waals surface area contributed by atoms with E-state index in [0.717, 1.165) is 47.9 Å². The van der Waals surface area contributed by atoms with Crippen LogP contribution in [0.4, 0.5) is 11.4 Å². The van der Waals surface area contributed by atoms with E-state index >= 15 is 0 Å². The van der Waals surface area contributed by atoms with Crippen molar-refractivity contribution in [2.24, 2.45) is 11.7 Å². The van der Waals surface area contributed by atoms with E-state index in [0.29, 0.717) is 4.88 Å². The van der Waals surface area contributed by atoms with Crippen LogP contribution in [0.5, 0.6) is 0 Å². The van der Waals surface area contributed by atoms with E-state index in [4.69, 9.17) is 5.73 Å². The molecule has 3 aromatic rings. The second-order valence-corrected chi connectivity index (χ2v) is 8.06. The van der Waals surface area contributed by atoms with Crippen molar-refractivity contribution in [2.75, 3.05) is 23.3 Å². The number of nitrogens with one attached hydrogen (secondary N) is 1. The van der Waals surface area contributed by atoms with E-state index in [9.17, 15) is 9.59 Å². The number of aromatic nitrogens is 1. The number of para-hydroxylation sites is 2. The molecule has 0 radical (unpaired) electrons. The molecule has 6 nitrogen and oxygen atoms in total. The Morgan fingerprint density at radius 3 is 2.45 bits per heavy atom. The maximum absolute atomic E-state index is 12.8. The predicted octanol–water partition coefficient (Wildman–Crippen LogP) is 3.76. The minimum atomic E-state index is -0.231. The van der Waals surface area contributed by atoms with Gasteiger partial charge in [0.2, 0.25) is 5.91 Å². The largest absolute Gasteiger partial charge is 0.370 e. The maximum atomic E-state index is 12.8. The third kappa shape index (κ3) is 4.30. The van der Waals surface area contributed by atoms with Crippen LogP contribution in [0.3, 0.4) is 0 Å². The van der Waals surface area contributed by atoms with Gasteiger partial charge in [0.25, 0.3) is 5.91 Å². The number of rotatable bonds is 5. The van der Waals surface area contributed by atoms with Crippen molar-refractivity contribution in [1.29, 1.82) is 0 Å². The molecule has 0 atom stereocenters. The van der Waals surface area contributed by atoms with Gasteiger partial charge in [-0.15, -0.1) is 11.3 Å². The van der Waals surface area contributed by atoms with Crippen LogP contribution >= 0.6 is 11.3 Å². The Kier molecular flexibility index (Phi) is 5.57. The summed E-state index contributed by atoms with van der Waals surface area (Å²) in [5.74, 6) is -0.476. The van der Waals surface area contributed by atoms with Crippen molar-refractivity contribution in [3.63, 3.8) is 0 Å². The number of thiazole rings is 1. The molecule has 2 heterocycles. The molecule has 0 bridgehead atoms. The molecular formula is C22H22N4O2S. The van der Waals surface area contributed by atoms with Crippen LogP contribution in [0.2, 0.25) is 0 Å². The molecule has 1 fully saturated rings. The lowest BCUT2D eigenvalue weighted by atomic mass is 9.96. The number of nitrogens with zero attached hydrogens (tertiary/aromatic N) is 2. The summed E-state index contributed by atoms with van der Waals surface area (Å²) in [7, 11) is 0. The lowest BCUT2D eigenvalue weighted by Crippen LogP contribution is -2.38. The van der Waals surface area contributed by atoms with Gasteiger partial charge in [0, 0.05) is 24.6 Å². The number of nitrogens with two attached hydrogens (primary N) is 1. The van der Waals surface area contributed by atoms with Crippen molar-refractivity contribution >= 4 is 34.5 Å². The first-order chi connectivity index (χ1) is 14.1. The maximum Gasteiger partial charge on any atom is 0.267 e. The number of anilines is 2. The van der Waals surface area contributed by atoms with Gasteiger partial charge in [-0.05, 0) is 25.0 Å². The fourth-order valence-corrected chi connectivity index (χ4v) is 4.35. The van der Waals surface area contributed by atoms with Crippen LogP contribution in [0.1, 0.15) is 22.5 Å². The van der Waals surface area contributed by atoms with Crippen LogP contribution in [0.25, 0.3) is 10.6 Å². The summed E-state index contributed by atoms with van der Waals surface area (Å²) in [5.41, 5.74) is 8.14. The topological polar surface area (TPSA) is 88.3 Å². The minimum Gasteiger partial charge on any atom is -0.370 e. The Labute approximate surface area is 173 Å². The second kappa shape index (κ2) is 8.45. The van der Waals surface area contributed by atoms with Gasteiger partial charge in [-0.3, -0.25) is 9.59 Å². The molecule has 1 aliphatic heterocycles. The molecular weight excluding hydrogens is 384 g/mol. The van der Waals surface area contributed by atoms with Crippen LogP contribution < -0.4 is 16.0 Å². The molecule has 1 saturated heterocycles. The third-order valence-electron chi connectivity index (χ3n) is 5.14. The van der Waals surface area contributed by atoms with Crippen molar-refractivity contribution in [3.05, 3.63) is 65.7 Å². The number of carbonyl (C=O) groups is 2. The highest BCUT2D eigenvalue weighted by atomic mass is 32.1. The summed E-state index contributed by atoms with van der Waals surface area (Å²) < 4.78 is 0. The van der Waals surface area contributed by atoms with E-state index in [1.807, 2.05) is 54.6 Å². The van der Waals surface area contributed by atoms with Crippen LogP contribution in [0.15, 0.2) is 60.8 Å². The quantitative estimate of drug-likeness (QED) is 0.675. The monoisotopic (exact) mass is 406 g/mol. The lowest BCUT2D eigenvalue weighted by molar-refractivity contribution is -0.122. The molecule has 0 aliphatic carbocycles. The molecule has 1 aliphatic rings. The predicted molar refractivity (Wildman–Crippen MR) is 116 cm³/mol. The SMILES string of the molecule is NC(=O)C1CCN(c2ccccc2NC(=O)c2cnc(-c3ccccc3)s2)CC1. The van der Waals surface area contributed by atoms with E-state index < -0.39 is 0 Å². The first-order valence-corrected chi connectivity index (χ1v) is 10.4. The molecule has 0 saturated carbocycles. The van der Waals surface area contributed by atoms with Crippen LogP contribution in [0, 0.1) is 5.92 Å². The molecule has 29 heavy (non-hydrogen) atoms. The molecule has 3 N–H and O–H groups in total. The number of amides is 2. The standard InChI is InChI=1S/C22H22N4O2S/c23-20(27)15-10-12-26(13-11-15)18-9-5-4-8-17(18)25-21(28)19-14-24-22(29-19)16-6-2-1-3-7-16/h1-9,14-15H,10-13H2,(H2,23,27)(H,25,28). The first-order valence-electron chi connectivity index (χ1n) is 9.57. The smallest absolute Gasteiger partial charge is 0.267 e. The van der Waals surface area contributed by atoms with Gasteiger partial charge in [-0.25, -0.2) is 4.98 Å². The molecule has 2 amide bonds. The molecule has 148 valence electrons. The van der Waals surface area contributed by atoms with Gasteiger partial charge in [0.05, 0.1) is 17.6 Å². The Bertz CT molecular complexity index is 1010. The van der Waals surface area contributed by atoms with Crippen LogP contribution in [-0.2, 0) is 4.79 Å². The Hall–Kier alpha value is -3.19. The van der Waals surface area contributed by atoms with Gasteiger partial charge >= 0.3 is 0 Å². The van der Waals surface area contributed by atoms with Crippen molar-refractivity contribution in [2.45, 2.75) is 12.8 Å². The van der Waals surface area contributed by atoms with E-state index in [1.54, 1.807) is 6.20 Å². The molecule has 0 spiro atoms. The Balaban J connectivity index is 1.48. The highest BCUT2D eigenvalue weighted by molar-refractivity contribution is 7.17. The lowest BCUT2D eigenvalue weighted by Gasteiger charge is -2.33. The zero-order chi connectivity index (χ0) is 20.2. The van der Waals surface area contributed by atoms with Gasteiger partial charge in [0.1, 0.15) is 9.88 Å². The van der Waals surface area contributed by atoms with Gasteiger partial charge < -0.3 is 16.0 Å². The number of hydrogen-bond acceptors (Lipinski definition) is 5. The molecule has 0 unspecified atom stereocenters. The van der Waals surface area contributed by atoms with Gasteiger partial charge in [-0.2, -0.15) is 0 Å². The average Bonchev–Trinajstić information content (AvgIpc) is 3.25. The van der Waals surface area contributed by atoms with Crippen molar-refractivity contribution in [3.8, 4) is 10.6 Å². The number of benzene rings is 2. The summed E-state index contributed by atoms with van der Waals surface area (Å²) in [6, 6.07) is 17.5. The number of primary amides is 1. The zero-order valence-corrected chi connectivity index (χ0v) is 16.7. The highest BCUT2D eigenvalue weighted by Crippen LogP contribution is 2.31. The Morgan fingerprint density at radius 1 is 1.03 bits per heavy atom. The van der Waals surface area contributed by atoms with Crippen molar-refractivity contribution in [1.82, 2.24) is 4.98 Å². The summed E-state index contributed by atoms with van der Waals surface area (Å²) in [5, 5.41) is 3.84. The Morgan fingerprint density at radius 2 is 1.72 bits per heavy atom. The number of hydrogen-bond donors (Lipinski definition) is 2. The van der Waals surface area contributed by atoms with E-state index in [2.05, 4.69) is 15.2 Å². The number of piperidine rings is 1. The van der Waals surface area contributed by atoms with Gasteiger partial charge in [0.15, 0.2) is 0 Å². The normalized spacial score (nSPS) is 14.6. The van der Waals surface area contributed by atoms with Gasteiger partial charge in [-0.1, -0.05) is 42.5 Å². The fourth-order valence-electron chi connectivity index (χ4n) is 3.54. The summed E-state index contributed by atoms with van der Waals surface area (Å²) in [6.07, 6.45) is 3.07.